The summed E-state index contributed by atoms with van der Waals surface area (Å²) in [5, 5.41) is 0.704. The van der Waals surface area contributed by atoms with Crippen LogP contribution in [0.1, 0.15) is 0 Å². The highest BCUT2D eigenvalue weighted by Gasteiger charge is 2.04. The van der Waals surface area contributed by atoms with Gasteiger partial charge in [-0.3, -0.25) is 0 Å². The third-order valence-corrected chi connectivity index (χ3v) is 2.58. The Balaban J connectivity index is 2.18. The molecule has 0 aliphatic heterocycles. The number of pyridine rings is 1. The van der Waals surface area contributed by atoms with Gasteiger partial charge in [0.15, 0.2) is 17.6 Å². The maximum Gasteiger partial charge on any atom is 0.198 e. The number of oxazole rings is 1. The van der Waals surface area contributed by atoms with E-state index < -0.39 is 0 Å². The molecule has 1 aromatic carbocycles. The van der Waals surface area contributed by atoms with Crippen molar-refractivity contribution in [2.24, 2.45) is 0 Å². The molecule has 0 unspecified atom stereocenters. The first kappa shape index (κ1) is 9.36. The standard InChI is InChI=1S/C12H7ClN2O/c13-10-3-1-2-8(4-10)9-5-11-12(14-6-9)15-7-16-11/h1-7H. The van der Waals surface area contributed by atoms with Crippen molar-refractivity contribution in [3.8, 4) is 11.1 Å². The quantitative estimate of drug-likeness (QED) is 0.642. The number of halogens is 1. The van der Waals surface area contributed by atoms with E-state index in [0.29, 0.717) is 16.3 Å². The zero-order chi connectivity index (χ0) is 11.0. The molecule has 0 aliphatic rings. The van der Waals surface area contributed by atoms with Gasteiger partial charge in [-0.05, 0) is 23.8 Å². The number of hydrogen-bond acceptors (Lipinski definition) is 3. The SMILES string of the molecule is Clc1cccc(-c2cnc3ncoc3c2)c1. The number of rotatable bonds is 1. The molecule has 3 aromatic rings. The smallest absolute Gasteiger partial charge is 0.198 e. The van der Waals surface area contributed by atoms with E-state index in [0.717, 1.165) is 11.1 Å². The molecule has 3 nitrogen and oxygen atoms in total. The minimum absolute atomic E-state index is 0.616. The number of hydrogen-bond donors (Lipinski definition) is 0. The van der Waals surface area contributed by atoms with Gasteiger partial charge in [0, 0.05) is 16.8 Å². The Morgan fingerprint density at radius 3 is 2.88 bits per heavy atom. The highest BCUT2D eigenvalue weighted by molar-refractivity contribution is 6.30. The summed E-state index contributed by atoms with van der Waals surface area (Å²) in [6, 6.07) is 9.51. The van der Waals surface area contributed by atoms with Crippen molar-refractivity contribution >= 4 is 22.8 Å². The first-order valence-electron chi connectivity index (χ1n) is 4.78. The van der Waals surface area contributed by atoms with Gasteiger partial charge in [0.05, 0.1) is 0 Å². The number of aromatic nitrogens is 2. The van der Waals surface area contributed by atoms with Crippen molar-refractivity contribution in [2.45, 2.75) is 0 Å². The molecule has 2 aromatic heterocycles. The minimum Gasteiger partial charge on any atom is -0.442 e. The Morgan fingerprint density at radius 1 is 1.06 bits per heavy atom. The van der Waals surface area contributed by atoms with Gasteiger partial charge in [0.25, 0.3) is 0 Å². The van der Waals surface area contributed by atoms with Gasteiger partial charge < -0.3 is 4.42 Å². The van der Waals surface area contributed by atoms with Crippen LogP contribution in [-0.2, 0) is 0 Å². The molecule has 0 atom stereocenters. The molecule has 0 saturated heterocycles. The Morgan fingerprint density at radius 2 is 2.00 bits per heavy atom. The van der Waals surface area contributed by atoms with Crippen molar-refractivity contribution in [1.29, 1.82) is 0 Å². The molecule has 3 rings (SSSR count). The fourth-order valence-electron chi connectivity index (χ4n) is 1.58. The van der Waals surface area contributed by atoms with E-state index in [1.165, 1.54) is 6.39 Å². The van der Waals surface area contributed by atoms with E-state index in [4.69, 9.17) is 16.0 Å². The molecular formula is C12H7ClN2O. The van der Waals surface area contributed by atoms with Crippen molar-refractivity contribution < 1.29 is 4.42 Å². The number of nitrogens with zero attached hydrogens (tertiary/aromatic N) is 2. The van der Waals surface area contributed by atoms with Gasteiger partial charge in [-0.15, -0.1) is 0 Å². The predicted molar refractivity (Wildman–Crippen MR) is 62.3 cm³/mol. The molecular weight excluding hydrogens is 224 g/mol. The molecule has 4 heteroatoms. The van der Waals surface area contributed by atoms with Crippen LogP contribution < -0.4 is 0 Å². The zero-order valence-corrected chi connectivity index (χ0v) is 8.98. The first-order chi connectivity index (χ1) is 7.83. The summed E-state index contributed by atoms with van der Waals surface area (Å²) >= 11 is 5.94. The second-order valence-corrected chi connectivity index (χ2v) is 3.84. The second-order valence-electron chi connectivity index (χ2n) is 3.41. The molecule has 0 spiro atoms. The first-order valence-corrected chi connectivity index (χ1v) is 5.16. The largest absolute Gasteiger partial charge is 0.442 e. The molecule has 0 aliphatic carbocycles. The summed E-state index contributed by atoms with van der Waals surface area (Å²) in [6.07, 6.45) is 3.15. The average Bonchev–Trinajstić information content (AvgIpc) is 2.75. The molecule has 0 radical (unpaired) electrons. The molecule has 0 bridgehead atoms. The second kappa shape index (κ2) is 3.61. The van der Waals surface area contributed by atoms with Crippen LogP contribution in [0.15, 0.2) is 47.3 Å². The Kier molecular flexibility index (Phi) is 2.11. The molecule has 0 N–H and O–H groups in total. The predicted octanol–water partition coefficient (Wildman–Crippen LogP) is 3.54. The lowest BCUT2D eigenvalue weighted by Crippen LogP contribution is -1.81. The fraction of sp³-hybridized carbons (Fsp3) is 0. The highest BCUT2D eigenvalue weighted by Crippen LogP contribution is 2.24. The van der Waals surface area contributed by atoms with Crippen molar-refractivity contribution in [1.82, 2.24) is 9.97 Å². The van der Waals surface area contributed by atoms with Crippen molar-refractivity contribution in [3.63, 3.8) is 0 Å². The monoisotopic (exact) mass is 230 g/mol. The average molecular weight is 231 g/mol. The van der Waals surface area contributed by atoms with Gasteiger partial charge in [-0.2, -0.15) is 4.98 Å². The van der Waals surface area contributed by atoms with E-state index in [-0.39, 0.29) is 0 Å². The number of benzene rings is 1. The summed E-state index contributed by atoms with van der Waals surface area (Å²) in [7, 11) is 0. The Labute approximate surface area is 96.7 Å². The van der Waals surface area contributed by atoms with Gasteiger partial charge in [-0.25, -0.2) is 4.98 Å². The molecule has 2 heterocycles. The summed E-state index contributed by atoms with van der Waals surface area (Å²) in [6.45, 7) is 0. The van der Waals surface area contributed by atoms with Crippen LogP contribution in [0.2, 0.25) is 5.02 Å². The third kappa shape index (κ3) is 1.55. The maximum atomic E-state index is 5.94. The van der Waals surface area contributed by atoms with Crippen LogP contribution in [0.5, 0.6) is 0 Å². The van der Waals surface area contributed by atoms with Crippen molar-refractivity contribution in [2.75, 3.05) is 0 Å². The fourth-order valence-corrected chi connectivity index (χ4v) is 1.77. The van der Waals surface area contributed by atoms with Gasteiger partial charge in [0.2, 0.25) is 0 Å². The summed E-state index contributed by atoms with van der Waals surface area (Å²) in [5.74, 6) is 0. The zero-order valence-electron chi connectivity index (χ0n) is 8.22. The number of fused-ring (bicyclic) bond motifs is 1. The molecule has 0 amide bonds. The normalized spacial score (nSPS) is 10.8. The van der Waals surface area contributed by atoms with Crippen LogP contribution in [0.3, 0.4) is 0 Å². The highest BCUT2D eigenvalue weighted by atomic mass is 35.5. The van der Waals surface area contributed by atoms with Crippen LogP contribution in [-0.4, -0.2) is 9.97 Å². The molecule has 0 fully saturated rings. The summed E-state index contributed by atoms with van der Waals surface area (Å²) in [4.78, 5) is 8.17. The molecule has 16 heavy (non-hydrogen) atoms. The van der Waals surface area contributed by atoms with Gasteiger partial charge >= 0.3 is 0 Å². The molecule has 0 saturated carbocycles. The van der Waals surface area contributed by atoms with Crippen LogP contribution in [0.4, 0.5) is 0 Å². The lowest BCUT2D eigenvalue weighted by atomic mass is 10.1. The van der Waals surface area contributed by atoms with Gasteiger partial charge in [0.1, 0.15) is 0 Å². The summed E-state index contributed by atoms with van der Waals surface area (Å²) in [5.41, 5.74) is 3.27. The Bertz CT molecular complexity index is 648. The third-order valence-electron chi connectivity index (χ3n) is 2.35. The van der Waals surface area contributed by atoms with E-state index in [2.05, 4.69) is 9.97 Å². The van der Waals surface area contributed by atoms with E-state index >= 15 is 0 Å². The van der Waals surface area contributed by atoms with E-state index in [1.54, 1.807) is 6.20 Å². The van der Waals surface area contributed by atoms with Gasteiger partial charge in [-0.1, -0.05) is 23.7 Å². The lowest BCUT2D eigenvalue weighted by molar-refractivity contribution is 0.602. The van der Waals surface area contributed by atoms with Crippen LogP contribution >= 0.6 is 11.6 Å². The van der Waals surface area contributed by atoms with Crippen molar-refractivity contribution in [3.05, 3.63) is 47.9 Å². The lowest BCUT2D eigenvalue weighted by Gasteiger charge is -2.00. The minimum atomic E-state index is 0.616. The molecule has 78 valence electrons. The van der Waals surface area contributed by atoms with E-state index in [1.807, 2.05) is 30.3 Å². The van der Waals surface area contributed by atoms with Crippen LogP contribution in [0.25, 0.3) is 22.4 Å². The maximum absolute atomic E-state index is 5.94. The summed E-state index contributed by atoms with van der Waals surface area (Å²) < 4.78 is 5.20. The topological polar surface area (TPSA) is 38.9 Å². The van der Waals surface area contributed by atoms with E-state index in [9.17, 15) is 0 Å². The van der Waals surface area contributed by atoms with Crippen LogP contribution in [0, 0.1) is 0 Å². The Hall–Kier alpha value is -1.87.